The van der Waals surface area contributed by atoms with E-state index in [-0.39, 0.29) is 6.67 Å². The van der Waals surface area contributed by atoms with Crippen LogP contribution in [0.15, 0.2) is 54.6 Å². The molecule has 0 atom stereocenters. The zero-order valence-electron chi connectivity index (χ0n) is 21.6. The van der Waals surface area contributed by atoms with E-state index >= 15 is 0 Å². The van der Waals surface area contributed by atoms with Gasteiger partial charge in [0.1, 0.15) is 0 Å². The molecule has 0 amide bonds. The van der Waals surface area contributed by atoms with Crippen LogP contribution in [0.1, 0.15) is 63.0 Å². The highest BCUT2D eigenvalue weighted by Crippen LogP contribution is 2.43. The number of hydrogen-bond donors (Lipinski definition) is 1. The summed E-state index contributed by atoms with van der Waals surface area (Å²) in [7, 11) is 0. The Morgan fingerprint density at radius 3 is 2.47 bits per heavy atom. The van der Waals surface area contributed by atoms with Crippen LogP contribution in [0.5, 0.6) is 0 Å². The van der Waals surface area contributed by atoms with Crippen molar-refractivity contribution < 1.29 is 14.3 Å². The van der Waals surface area contributed by atoms with Gasteiger partial charge in [-0.15, -0.1) is 0 Å². The first-order chi connectivity index (χ1) is 18.3. The van der Waals surface area contributed by atoms with Crippen LogP contribution in [0.3, 0.4) is 0 Å². The maximum absolute atomic E-state index is 12.5. The number of carboxylic acids is 1. The summed E-state index contributed by atoms with van der Waals surface area (Å²) in [6.45, 7) is 4.52. The van der Waals surface area contributed by atoms with Crippen molar-refractivity contribution in [2.75, 3.05) is 26.3 Å². The number of hydrogen-bond acceptors (Lipinski definition) is 2. The molecule has 0 spiro atoms. The summed E-state index contributed by atoms with van der Waals surface area (Å²) in [5, 5.41) is 11.0. The highest BCUT2D eigenvalue weighted by atomic mass is 35.5. The van der Waals surface area contributed by atoms with Crippen molar-refractivity contribution in [3.8, 4) is 0 Å². The van der Waals surface area contributed by atoms with Crippen LogP contribution < -0.4 is 0 Å². The first-order valence-electron chi connectivity index (χ1n) is 13.3. The first-order valence-corrected chi connectivity index (χ1v) is 14.0. The van der Waals surface area contributed by atoms with E-state index in [0.717, 1.165) is 84.3 Å². The molecule has 5 rings (SSSR count). The molecule has 2 aliphatic rings. The predicted octanol–water partition coefficient (Wildman–Crippen LogP) is 8.13. The number of aromatic carboxylic acids is 1. The molecule has 0 aromatic heterocycles. The number of halogens is 3. The van der Waals surface area contributed by atoms with Crippen LogP contribution in [0.25, 0.3) is 11.1 Å². The molecule has 1 fully saturated rings. The fraction of sp³-hybridized carbons (Fsp3) is 0.344. The second-order valence-corrected chi connectivity index (χ2v) is 11.4. The number of rotatable bonds is 8. The third-order valence-electron chi connectivity index (χ3n) is 7.79. The molecule has 198 valence electrons. The molecule has 6 heteroatoms. The van der Waals surface area contributed by atoms with Crippen molar-refractivity contribution in [2.24, 2.45) is 5.92 Å². The molecule has 3 aromatic carbocycles. The van der Waals surface area contributed by atoms with Gasteiger partial charge in [0.15, 0.2) is 0 Å². The Morgan fingerprint density at radius 1 is 1.03 bits per heavy atom. The summed E-state index contributed by atoms with van der Waals surface area (Å²) in [5.74, 6) is -0.288. The lowest BCUT2D eigenvalue weighted by Gasteiger charge is -2.39. The average Bonchev–Trinajstić information content (AvgIpc) is 3.04. The van der Waals surface area contributed by atoms with E-state index in [0.29, 0.717) is 27.9 Å². The lowest BCUT2D eigenvalue weighted by Crippen LogP contribution is -2.47. The lowest BCUT2D eigenvalue weighted by atomic mass is 9.85. The van der Waals surface area contributed by atoms with Gasteiger partial charge in [0.2, 0.25) is 0 Å². The van der Waals surface area contributed by atoms with Gasteiger partial charge in [-0.25, -0.2) is 4.79 Å². The summed E-state index contributed by atoms with van der Waals surface area (Å²) in [6.07, 6.45) is 4.15. The van der Waals surface area contributed by atoms with E-state index < -0.39 is 5.97 Å². The van der Waals surface area contributed by atoms with Gasteiger partial charge in [-0.1, -0.05) is 59.6 Å². The number of aryl methyl sites for hydroxylation is 2. The number of nitrogens with zero attached hydrogens (tertiary/aromatic N) is 1. The van der Waals surface area contributed by atoms with Gasteiger partial charge in [0, 0.05) is 29.7 Å². The molecule has 1 aliphatic heterocycles. The van der Waals surface area contributed by atoms with Crippen LogP contribution in [-0.4, -0.2) is 42.3 Å². The fourth-order valence-electron chi connectivity index (χ4n) is 5.91. The van der Waals surface area contributed by atoms with Gasteiger partial charge in [0.25, 0.3) is 0 Å². The summed E-state index contributed by atoms with van der Waals surface area (Å²) in [6, 6.07) is 18.3. The molecule has 3 aromatic rings. The Morgan fingerprint density at radius 2 is 1.79 bits per heavy atom. The Kier molecular flexibility index (Phi) is 8.23. The molecule has 3 nitrogen and oxygen atoms in total. The van der Waals surface area contributed by atoms with Crippen LogP contribution >= 0.6 is 23.2 Å². The van der Waals surface area contributed by atoms with E-state index in [1.807, 2.05) is 31.2 Å². The van der Waals surface area contributed by atoms with Gasteiger partial charge in [-0.05, 0) is 108 Å². The molecule has 1 aliphatic carbocycles. The highest BCUT2D eigenvalue weighted by Gasteiger charge is 2.27. The van der Waals surface area contributed by atoms with Crippen LogP contribution in [0, 0.1) is 12.8 Å². The third kappa shape index (κ3) is 5.68. The van der Waals surface area contributed by atoms with Crippen molar-refractivity contribution in [1.82, 2.24) is 4.90 Å². The number of alkyl halides is 1. The minimum atomic E-state index is -0.898. The van der Waals surface area contributed by atoms with Crippen molar-refractivity contribution in [3.05, 3.63) is 104 Å². The lowest BCUT2D eigenvalue weighted by molar-refractivity contribution is 0.0696. The van der Waals surface area contributed by atoms with Crippen LogP contribution in [0.4, 0.5) is 4.39 Å². The van der Waals surface area contributed by atoms with Crippen molar-refractivity contribution in [2.45, 2.75) is 39.0 Å². The summed E-state index contributed by atoms with van der Waals surface area (Å²) >= 11 is 12.9. The maximum atomic E-state index is 12.5. The summed E-state index contributed by atoms with van der Waals surface area (Å²) in [4.78, 5) is 14.2. The topological polar surface area (TPSA) is 40.5 Å². The number of likely N-dealkylation sites (tertiary alicyclic amines) is 1. The molecule has 0 radical (unpaired) electrons. The fourth-order valence-corrected chi connectivity index (χ4v) is 6.43. The molecule has 38 heavy (non-hydrogen) atoms. The zero-order valence-corrected chi connectivity index (χ0v) is 23.1. The molecule has 1 N–H and O–H groups in total. The Bertz CT molecular complexity index is 1380. The Labute approximate surface area is 233 Å². The van der Waals surface area contributed by atoms with E-state index in [1.165, 1.54) is 5.56 Å². The predicted molar refractivity (Wildman–Crippen MR) is 154 cm³/mol. The monoisotopic (exact) mass is 551 g/mol. The minimum Gasteiger partial charge on any atom is -0.478 e. The van der Waals surface area contributed by atoms with Gasteiger partial charge < -0.3 is 10.0 Å². The zero-order chi connectivity index (χ0) is 26.8. The molecular formula is C32H32Cl2FNO2. The van der Waals surface area contributed by atoms with E-state index in [1.54, 1.807) is 6.07 Å². The van der Waals surface area contributed by atoms with Gasteiger partial charge >= 0.3 is 5.97 Å². The molecular weight excluding hydrogens is 520 g/mol. The maximum Gasteiger partial charge on any atom is 0.335 e. The number of benzene rings is 3. The van der Waals surface area contributed by atoms with E-state index in [9.17, 15) is 14.3 Å². The SMILES string of the molecule is Cc1cc2c(cc1C(=O)O)CCCC(c1ccc(Cl)cc1Cl)=C2c1ccc(CC2CN(CCCF)C2)cc1. The number of allylic oxidation sites excluding steroid dienone is 1. The number of carbonyl (C=O) groups is 1. The largest absolute Gasteiger partial charge is 0.478 e. The molecule has 0 unspecified atom stereocenters. The van der Waals surface area contributed by atoms with Crippen LogP contribution in [0.2, 0.25) is 10.0 Å². The molecule has 1 heterocycles. The van der Waals surface area contributed by atoms with Crippen molar-refractivity contribution in [1.29, 1.82) is 0 Å². The van der Waals surface area contributed by atoms with Gasteiger partial charge in [-0.3, -0.25) is 4.39 Å². The average molecular weight is 553 g/mol. The normalized spacial score (nSPS) is 16.2. The van der Waals surface area contributed by atoms with E-state index in [2.05, 4.69) is 29.2 Å². The standard InChI is InChI=1S/C32H32Cl2FNO2/c1-20-14-29-24(16-28(20)32(37)38)4-2-5-27(26-11-10-25(33)17-30(26)34)31(29)23-8-6-21(7-9-23)15-22-18-36(19-22)13-3-12-35/h6-11,14,16-17,22H,2-5,12-13,15,18-19H2,1H3,(H,37,38). The van der Waals surface area contributed by atoms with Crippen molar-refractivity contribution in [3.63, 3.8) is 0 Å². The summed E-state index contributed by atoms with van der Waals surface area (Å²) < 4.78 is 12.5. The minimum absolute atomic E-state index is 0.248. The second kappa shape index (κ2) is 11.6. The third-order valence-corrected chi connectivity index (χ3v) is 8.34. The Balaban J connectivity index is 1.54. The molecule has 0 bridgehead atoms. The number of fused-ring (bicyclic) bond motifs is 1. The quantitative estimate of drug-likeness (QED) is 0.307. The van der Waals surface area contributed by atoms with Gasteiger partial charge in [-0.2, -0.15) is 0 Å². The Hall–Kier alpha value is -2.66. The second-order valence-electron chi connectivity index (χ2n) is 10.5. The number of carboxylic acid groups (broad SMARTS) is 1. The summed E-state index contributed by atoms with van der Waals surface area (Å²) in [5.41, 5.74) is 8.84. The first kappa shape index (κ1) is 26.9. The van der Waals surface area contributed by atoms with Crippen molar-refractivity contribution >= 4 is 40.3 Å². The molecule has 1 saturated heterocycles. The van der Waals surface area contributed by atoms with Crippen LogP contribution in [-0.2, 0) is 12.8 Å². The highest BCUT2D eigenvalue weighted by molar-refractivity contribution is 6.36. The van der Waals surface area contributed by atoms with Gasteiger partial charge in [0.05, 0.1) is 12.2 Å². The van der Waals surface area contributed by atoms with E-state index in [4.69, 9.17) is 23.2 Å². The smallest absolute Gasteiger partial charge is 0.335 e. The molecule has 0 saturated carbocycles.